The Hall–Kier alpha value is -0.350. The van der Waals surface area contributed by atoms with Crippen LogP contribution in [0.5, 0.6) is 0 Å². The molecule has 0 radical (unpaired) electrons. The Morgan fingerprint density at radius 3 is 2.60 bits per heavy atom. The van der Waals surface area contributed by atoms with Gasteiger partial charge in [0.15, 0.2) is 0 Å². The van der Waals surface area contributed by atoms with Crippen molar-refractivity contribution in [3.8, 4) is 0 Å². The number of thiophene rings is 1. The Balaban J connectivity index is 2.41. The number of hydrogen-bond donors (Lipinski definition) is 1. The summed E-state index contributed by atoms with van der Waals surface area (Å²) < 4.78 is 2.03. The third-order valence-corrected chi connectivity index (χ3v) is 5.53. The Kier molecular flexibility index (Phi) is 5.67. The summed E-state index contributed by atoms with van der Waals surface area (Å²) in [6, 6.07) is 8.89. The molecule has 1 heterocycles. The van der Waals surface area contributed by atoms with Crippen LogP contribution in [0.3, 0.4) is 0 Å². The normalized spacial score (nSPS) is 12.7. The van der Waals surface area contributed by atoms with Gasteiger partial charge >= 0.3 is 0 Å². The lowest BCUT2D eigenvalue weighted by Gasteiger charge is -2.19. The molecule has 2 rings (SSSR count). The number of aryl methyl sites for hydroxylation is 2. The quantitative estimate of drug-likeness (QED) is 0.692. The summed E-state index contributed by atoms with van der Waals surface area (Å²) in [7, 11) is 0. The molecule has 1 aromatic carbocycles. The molecule has 20 heavy (non-hydrogen) atoms. The lowest BCUT2D eigenvalue weighted by Crippen LogP contribution is -2.22. The molecule has 0 amide bonds. The first kappa shape index (κ1) is 16.0. The van der Waals surface area contributed by atoms with Crippen LogP contribution in [0.1, 0.15) is 41.0 Å². The van der Waals surface area contributed by atoms with Crippen LogP contribution < -0.4 is 5.32 Å². The van der Waals surface area contributed by atoms with E-state index < -0.39 is 0 Å². The van der Waals surface area contributed by atoms with E-state index in [2.05, 4.69) is 66.3 Å². The van der Waals surface area contributed by atoms with Crippen molar-refractivity contribution in [1.82, 2.24) is 5.32 Å². The number of hydrogen-bond acceptors (Lipinski definition) is 2. The van der Waals surface area contributed by atoms with Crippen molar-refractivity contribution in [1.29, 1.82) is 0 Å². The summed E-state index contributed by atoms with van der Waals surface area (Å²) in [5, 5.41) is 3.62. The van der Waals surface area contributed by atoms with Crippen LogP contribution in [0.25, 0.3) is 0 Å². The van der Waals surface area contributed by atoms with Crippen molar-refractivity contribution < 1.29 is 0 Å². The summed E-state index contributed by atoms with van der Waals surface area (Å²) >= 11 is 11.6. The van der Waals surface area contributed by atoms with Gasteiger partial charge in [0.05, 0.1) is 10.4 Å². The summed E-state index contributed by atoms with van der Waals surface area (Å²) in [4.78, 5) is 1.27. The van der Waals surface area contributed by atoms with Crippen LogP contribution in [-0.2, 0) is 0 Å². The molecule has 0 fully saturated rings. The molecule has 0 bridgehead atoms. The minimum atomic E-state index is 0.195. The van der Waals surface area contributed by atoms with E-state index >= 15 is 0 Å². The van der Waals surface area contributed by atoms with E-state index in [0.717, 1.165) is 27.3 Å². The molecule has 1 unspecified atom stereocenters. The summed E-state index contributed by atoms with van der Waals surface area (Å²) in [6.07, 6.45) is 1.11. The molecule has 1 nitrogen and oxygen atoms in total. The highest BCUT2D eigenvalue weighted by Crippen LogP contribution is 2.36. The molecule has 0 aliphatic heterocycles. The molecule has 2 aromatic rings. The first-order valence-electron chi connectivity index (χ1n) is 6.78. The molecule has 0 spiro atoms. The third kappa shape index (κ3) is 3.64. The van der Waals surface area contributed by atoms with Crippen molar-refractivity contribution in [2.45, 2.75) is 33.2 Å². The van der Waals surface area contributed by atoms with Gasteiger partial charge in [-0.3, -0.25) is 0 Å². The number of halogens is 2. The average molecular weight is 373 g/mol. The van der Waals surface area contributed by atoms with Crippen LogP contribution >= 0.6 is 38.9 Å². The molecule has 1 N–H and O–H groups in total. The van der Waals surface area contributed by atoms with E-state index in [1.165, 1.54) is 16.0 Å². The molecule has 0 saturated carbocycles. The number of rotatable bonds is 5. The minimum absolute atomic E-state index is 0.195. The maximum atomic E-state index is 6.24. The van der Waals surface area contributed by atoms with Crippen molar-refractivity contribution in [3.05, 3.63) is 54.6 Å². The predicted octanol–water partition coefficient (Wildman–Crippen LogP) is 5.87. The van der Waals surface area contributed by atoms with Gasteiger partial charge in [0.2, 0.25) is 0 Å². The topological polar surface area (TPSA) is 12.0 Å². The molecule has 1 atom stereocenters. The first-order chi connectivity index (χ1) is 9.52. The molecule has 1 aromatic heterocycles. The molecule has 0 saturated heterocycles. The van der Waals surface area contributed by atoms with Crippen LogP contribution in [0.4, 0.5) is 0 Å². The fraction of sp³-hybridized carbons (Fsp3) is 0.375. The van der Waals surface area contributed by atoms with E-state index in [0.29, 0.717) is 0 Å². The second-order valence-corrected chi connectivity index (χ2v) is 7.56. The second kappa shape index (κ2) is 7.08. The van der Waals surface area contributed by atoms with E-state index in [1.54, 1.807) is 11.3 Å². The highest BCUT2D eigenvalue weighted by atomic mass is 79.9. The smallest absolute Gasteiger partial charge is 0.0961 e. The van der Waals surface area contributed by atoms with Crippen LogP contribution in [-0.4, -0.2) is 6.54 Å². The Morgan fingerprint density at radius 1 is 1.30 bits per heavy atom. The van der Waals surface area contributed by atoms with Gasteiger partial charge in [0.1, 0.15) is 0 Å². The van der Waals surface area contributed by atoms with Gasteiger partial charge in [0, 0.05) is 9.35 Å². The predicted molar refractivity (Wildman–Crippen MR) is 93.1 cm³/mol. The van der Waals surface area contributed by atoms with Gasteiger partial charge in [-0.15, -0.1) is 11.3 Å². The second-order valence-electron chi connectivity index (χ2n) is 5.02. The molecule has 108 valence electrons. The van der Waals surface area contributed by atoms with Crippen molar-refractivity contribution >= 4 is 38.9 Å². The maximum absolute atomic E-state index is 6.24. The van der Waals surface area contributed by atoms with E-state index in [-0.39, 0.29) is 6.04 Å². The van der Waals surface area contributed by atoms with E-state index in [1.807, 2.05) is 0 Å². The first-order valence-corrected chi connectivity index (χ1v) is 8.77. The van der Waals surface area contributed by atoms with Crippen molar-refractivity contribution in [2.75, 3.05) is 6.54 Å². The zero-order chi connectivity index (χ0) is 14.7. The van der Waals surface area contributed by atoms with Gasteiger partial charge < -0.3 is 5.32 Å². The Bertz CT molecular complexity index is 575. The molecule has 0 aliphatic rings. The van der Waals surface area contributed by atoms with Gasteiger partial charge in [-0.25, -0.2) is 0 Å². The van der Waals surface area contributed by atoms with Crippen molar-refractivity contribution in [3.63, 3.8) is 0 Å². The molecular formula is C16H19BrClNS. The molecular weight excluding hydrogens is 354 g/mol. The number of nitrogens with one attached hydrogen (secondary N) is 1. The van der Waals surface area contributed by atoms with E-state index in [4.69, 9.17) is 11.6 Å². The van der Waals surface area contributed by atoms with Crippen LogP contribution in [0.15, 0.2) is 28.7 Å². The van der Waals surface area contributed by atoms with Crippen LogP contribution in [0, 0.1) is 13.8 Å². The maximum Gasteiger partial charge on any atom is 0.0961 e. The van der Waals surface area contributed by atoms with Gasteiger partial charge in [0.25, 0.3) is 0 Å². The Labute approximate surface area is 138 Å². The standard InChI is InChI=1S/C16H19BrClNS/c1-4-7-19-15(14-9-11(3)16(18)20-14)12-6-5-10(2)8-13(12)17/h5-6,8-9,15,19H,4,7H2,1-3H3. The highest BCUT2D eigenvalue weighted by Gasteiger charge is 2.19. The van der Waals surface area contributed by atoms with Gasteiger partial charge in [-0.05, 0) is 55.6 Å². The van der Waals surface area contributed by atoms with Crippen LogP contribution in [0.2, 0.25) is 4.34 Å². The molecule has 0 aliphatic carbocycles. The lowest BCUT2D eigenvalue weighted by atomic mass is 10.0. The van der Waals surface area contributed by atoms with Gasteiger partial charge in [-0.2, -0.15) is 0 Å². The van der Waals surface area contributed by atoms with E-state index in [9.17, 15) is 0 Å². The zero-order valence-corrected chi connectivity index (χ0v) is 15.1. The van der Waals surface area contributed by atoms with Gasteiger partial charge in [-0.1, -0.05) is 46.6 Å². The summed E-state index contributed by atoms with van der Waals surface area (Å²) in [5.74, 6) is 0. The largest absolute Gasteiger partial charge is 0.306 e. The minimum Gasteiger partial charge on any atom is -0.306 e. The highest BCUT2D eigenvalue weighted by molar-refractivity contribution is 9.10. The fourth-order valence-corrected chi connectivity index (χ4v) is 4.18. The monoisotopic (exact) mass is 371 g/mol. The summed E-state index contributed by atoms with van der Waals surface area (Å²) in [6.45, 7) is 7.33. The lowest BCUT2D eigenvalue weighted by molar-refractivity contribution is 0.604. The number of benzene rings is 1. The van der Waals surface area contributed by atoms with Crippen molar-refractivity contribution in [2.24, 2.45) is 0 Å². The zero-order valence-electron chi connectivity index (χ0n) is 12.0. The Morgan fingerprint density at radius 2 is 2.05 bits per heavy atom. The average Bonchev–Trinajstić information content (AvgIpc) is 2.72. The molecule has 4 heteroatoms. The third-order valence-electron chi connectivity index (χ3n) is 3.23. The SMILES string of the molecule is CCCNC(c1cc(C)c(Cl)s1)c1ccc(C)cc1Br. The fourth-order valence-electron chi connectivity index (χ4n) is 2.14. The summed E-state index contributed by atoms with van der Waals surface area (Å²) in [5.41, 5.74) is 3.68.